The summed E-state index contributed by atoms with van der Waals surface area (Å²) in [6.07, 6.45) is 8.29. The second-order valence-electron chi connectivity index (χ2n) is 7.85. The number of hydrogen-bond donors (Lipinski definition) is 3. The molecule has 0 unspecified atom stereocenters. The smallest absolute Gasteiger partial charge is 0.226 e. The zero-order valence-corrected chi connectivity index (χ0v) is 16.2. The lowest BCUT2D eigenvalue weighted by Gasteiger charge is -2.34. The molecule has 1 aliphatic rings. The number of nitrogens with two attached hydrogens (primary N) is 1. The lowest BCUT2D eigenvalue weighted by Crippen LogP contribution is -2.41. The monoisotopic (exact) mass is 375 g/mol. The highest BCUT2D eigenvalue weighted by Gasteiger charge is 2.26. The van der Waals surface area contributed by atoms with E-state index >= 15 is 0 Å². The highest BCUT2D eigenvalue weighted by Crippen LogP contribution is 2.24. The minimum Gasteiger partial charge on any atom is -0.311 e. The van der Waals surface area contributed by atoms with Gasteiger partial charge in [-0.1, -0.05) is 26.8 Å². The highest BCUT2D eigenvalue weighted by atomic mass is 19.1. The molecule has 1 aromatic heterocycles. The number of amides is 1. The summed E-state index contributed by atoms with van der Waals surface area (Å²) < 4.78 is 13.3. The quantitative estimate of drug-likeness (QED) is 0.369. The van der Waals surface area contributed by atoms with Gasteiger partial charge in [-0.15, -0.1) is 0 Å². The maximum atomic E-state index is 13.3. The summed E-state index contributed by atoms with van der Waals surface area (Å²) >= 11 is 0. The molecule has 27 heavy (non-hydrogen) atoms. The molecule has 0 bridgehead atoms. The van der Waals surface area contributed by atoms with Gasteiger partial charge in [-0.3, -0.25) is 9.78 Å². The Labute approximate surface area is 160 Å². The van der Waals surface area contributed by atoms with Crippen molar-refractivity contribution < 1.29 is 9.18 Å². The topological polar surface area (TPSA) is 83.3 Å². The third-order valence-electron chi connectivity index (χ3n) is 4.56. The Morgan fingerprint density at radius 3 is 2.70 bits per heavy atom. The first-order valence-electron chi connectivity index (χ1n) is 9.29. The van der Waals surface area contributed by atoms with Crippen LogP contribution in [0.25, 0.3) is 5.57 Å². The Hall–Kier alpha value is -2.25. The van der Waals surface area contributed by atoms with Crippen LogP contribution in [0.1, 0.15) is 45.1 Å². The normalized spacial score (nSPS) is 16.1. The van der Waals surface area contributed by atoms with Crippen molar-refractivity contribution in [2.24, 2.45) is 11.3 Å². The third kappa shape index (κ3) is 7.11. The maximum Gasteiger partial charge on any atom is 0.226 e. The van der Waals surface area contributed by atoms with Crippen molar-refractivity contribution in [2.75, 3.05) is 19.6 Å². The number of pyridine rings is 1. The van der Waals surface area contributed by atoms with Crippen LogP contribution in [0.3, 0.4) is 0 Å². The fraction of sp³-hybridized carbons (Fsp3) is 0.500. The summed E-state index contributed by atoms with van der Waals surface area (Å²) in [5, 5.41) is 2.77. The van der Waals surface area contributed by atoms with E-state index in [9.17, 15) is 9.18 Å². The number of nitrogens with one attached hydrogen (secondary N) is 2. The van der Waals surface area contributed by atoms with E-state index < -0.39 is 5.82 Å². The SMILES string of the molecule is C=C(/C=C(\NN)NC(=O)CC(C)(C)CN1CCCCC1)c1cncc(F)c1. The predicted octanol–water partition coefficient (Wildman–Crippen LogP) is 2.56. The predicted molar refractivity (Wildman–Crippen MR) is 105 cm³/mol. The molecule has 1 saturated heterocycles. The second-order valence-corrected chi connectivity index (χ2v) is 7.85. The van der Waals surface area contributed by atoms with E-state index in [1.165, 1.54) is 31.5 Å². The largest absolute Gasteiger partial charge is 0.311 e. The van der Waals surface area contributed by atoms with Gasteiger partial charge in [0.1, 0.15) is 11.6 Å². The first kappa shape index (κ1) is 21.1. The van der Waals surface area contributed by atoms with E-state index in [1.54, 1.807) is 6.08 Å². The summed E-state index contributed by atoms with van der Waals surface area (Å²) in [5.74, 6) is 5.24. The first-order valence-corrected chi connectivity index (χ1v) is 9.29. The van der Waals surface area contributed by atoms with E-state index in [0.29, 0.717) is 23.4 Å². The molecule has 0 aliphatic carbocycles. The molecule has 0 aromatic carbocycles. The molecule has 0 saturated carbocycles. The Morgan fingerprint density at radius 1 is 1.37 bits per heavy atom. The van der Waals surface area contributed by atoms with E-state index in [-0.39, 0.29) is 11.3 Å². The summed E-state index contributed by atoms with van der Waals surface area (Å²) in [7, 11) is 0. The summed E-state index contributed by atoms with van der Waals surface area (Å²) in [6.45, 7) is 11.2. The van der Waals surface area contributed by atoms with Crippen molar-refractivity contribution >= 4 is 11.5 Å². The van der Waals surface area contributed by atoms with Gasteiger partial charge in [-0.05, 0) is 49.1 Å². The van der Waals surface area contributed by atoms with Gasteiger partial charge in [-0.2, -0.15) is 0 Å². The molecular formula is C20H30FN5O. The summed E-state index contributed by atoms with van der Waals surface area (Å²) in [6, 6.07) is 1.32. The molecular weight excluding hydrogens is 345 g/mol. The molecule has 1 aliphatic heterocycles. The second kappa shape index (κ2) is 9.62. The van der Waals surface area contributed by atoms with Crippen LogP contribution in [-0.4, -0.2) is 35.4 Å². The Morgan fingerprint density at radius 2 is 2.07 bits per heavy atom. The van der Waals surface area contributed by atoms with E-state index in [4.69, 9.17) is 5.84 Å². The number of nitrogens with zero attached hydrogens (tertiary/aromatic N) is 2. The number of carbonyl (C=O) groups excluding carboxylic acids is 1. The van der Waals surface area contributed by atoms with Crippen molar-refractivity contribution in [1.82, 2.24) is 20.6 Å². The van der Waals surface area contributed by atoms with Crippen LogP contribution in [0.4, 0.5) is 4.39 Å². The number of allylic oxidation sites excluding steroid dienone is 2. The Balaban J connectivity index is 1.94. The molecule has 2 heterocycles. The number of likely N-dealkylation sites (tertiary alicyclic amines) is 1. The average molecular weight is 375 g/mol. The number of halogens is 1. The van der Waals surface area contributed by atoms with E-state index in [0.717, 1.165) is 25.8 Å². The van der Waals surface area contributed by atoms with Gasteiger partial charge in [0.2, 0.25) is 5.91 Å². The maximum absolute atomic E-state index is 13.3. The number of piperidine rings is 1. The molecule has 1 amide bonds. The van der Waals surface area contributed by atoms with Crippen molar-refractivity contribution in [2.45, 2.75) is 39.5 Å². The number of carbonyl (C=O) groups is 1. The molecule has 148 valence electrons. The Kier molecular flexibility index (Phi) is 7.50. The molecule has 2 rings (SSSR count). The number of rotatable bonds is 8. The van der Waals surface area contributed by atoms with Gasteiger partial charge >= 0.3 is 0 Å². The van der Waals surface area contributed by atoms with Crippen molar-refractivity contribution in [3.63, 3.8) is 0 Å². The van der Waals surface area contributed by atoms with Gasteiger partial charge in [0.15, 0.2) is 0 Å². The average Bonchev–Trinajstić information content (AvgIpc) is 2.60. The minimum atomic E-state index is -0.451. The molecule has 0 radical (unpaired) electrons. The standard InChI is InChI=1S/C20H30FN5O/c1-15(16-10-17(21)13-23-12-16)9-18(25-22)24-19(27)11-20(2,3)14-26-7-5-4-6-8-26/h9-10,12-13,25H,1,4-8,11,14,22H2,2-3H3,(H,24,27)/b18-9-. The Bertz CT molecular complexity index is 695. The van der Waals surface area contributed by atoms with Crippen LogP contribution in [0.5, 0.6) is 0 Å². The van der Waals surface area contributed by atoms with Gasteiger partial charge in [0, 0.05) is 24.7 Å². The fourth-order valence-corrected chi connectivity index (χ4v) is 3.37. The zero-order valence-electron chi connectivity index (χ0n) is 16.2. The summed E-state index contributed by atoms with van der Waals surface area (Å²) in [5.41, 5.74) is 3.32. The lowest BCUT2D eigenvalue weighted by atomic mass is 9.87. The van der Waals surface area contributed by atoms with Crippen LogP contribution < -0.4 is 16.6 Å². The van der Waals surface area contributed by atoms with Crippen LogP contribution in [0.15, 0.2) is 36.9 Å². The molecule has 6 nitrogen and oxygen atoms in total. The van der Waals surface area contributed by atoms with Crippen LogP contribution >= 0.6 is 0 Å². The summed E-state index contributed by atoms with van der Waals surface area (Å²) in [4.78, 5) is 18.7. The van der Waals surface area contributed by atoms with Gasteiger partial charge < -0.3 is 15.6 Å². The van der Waals surface area contributed by atoms with Crippen molar-refractivity contribution in [3.05, 3.63) is 48.3 Å². The molecule has 1 aromatic rings. The first-order chi connectivity index (χ1) is 12.8. The molecule has 4 N–H and O–H groups in total. The van der Waals surface area contributed by atoms with Crippen LogP contribution in [0, 0.1) is 11.2 Å². The van der Waals surface area contributed by atoms with E-state index in [2.05, 4.69) is 41.1 Å². The van der Waals surface area contributed by atoms with Crippen molar-refractivity contribution in [1.29, 1.82) is 0 Å². The van der Waals surface area contributed by atoms with Crippen LogP contribution in [0.2, 0.25) is 0 Å². The molecule has 1 fully saturated rings. The molecule has 0 spiro atoms. The van der Waals surface area contributed by atoms with Crippen molar-refractivity contribution in [3.8, 4) is 0 Å². The number of hydrogen-bond acceptors (Lipinski definition) is 5. The lowest BCUT2D eigenvalue weighted by molar-refractivity contribution is -0.122. The van der Waals surface area contributed by atoms with Gasteiger partial charge in [0.25, 0.3) is 0 Å². The number of aromatic nitrogens is 1. The minimum absolute atomic E-state index is 0.133. The van der Waals surface area contributed by atoms with Gasteiger partial charge in [-0.25, -0.2) is 10.2 Å². The van der Waals surface area contributed by atoms with Gasteiger partial charge in [0.05, 0.1) is 6.20 Å². The third-order valence-corrected chi connectivity index (χ3v) is 4.56. The number of hydrazine groups is 1. The highest BCUT2D eigenvalue weighted by molar-refractivity contribution is 5.80. The molecule has 0 atom stereocenters. The van der Waals surface area contributed by atoms with E-state index in [1.807, 2.05) is 0 Å². The molecule has 7 heteroatoms. The fourth-order valence-electron chi connectivity index (χ4n) is 3.37. The zero-order chi connectivity index (χ0) is 19.9. The van der Waals surface area contributed by atoms with Crippen LogP contribution in [-0.2, 0) is 4.79 Å².